The largest absolute Gasteiger partial charge is 0.491 e. The second-order valence-electron chi connectivity index (χ2n) is 6.21. The van der Waals surface area contributed by atoms with Gasteiger partial charge in [0.15, 0.2) is 11.6 Å². The molecule has 0 unspecified atom stereocenters. The quantitative estimate of drug-likeness (QED) is 0.634. The number of benzene rings is 1. The second-order valence-corrected chi connectivity index (χ2v) is 6.21. The Morgan fingerprint density at radius 1 is 1.09 bits per heavy atom. The molecule has 1 fully saturated rings. The van der Waals surface area contributed by atoms with E-state index in [-0.39, 0.29) is 30.6 Å². The monoisotopic (exact) mass is 318 g/mol. The highest BCUT2D eigenvalue weighted by molar-refractivity contribution is 5.33. The zero-order valence-corrected chi connectivity index (χ0v) is 13.0. The van der Waals surface area contributed by atoms with E-state index in [1.54, 1.807) is 13.0 Å². The van der Waals surface area contributed by atoms with Gasteiger partial charge in [0.25, 0.3) is 0 Å². The molecule has 0 radical (unpaired) electrons. The van der Waals surface area contributed by atoms with Gasteiger partial charge >= 0.3 is 0 Å². The summed E-state index contributed by atoms with van der Waals surface area (Å²) in [6.45, 7) is 2.91. The Kier molecular flexibility index (Phi) is 5.35. The average Bonchev–Trinajstić information content (AvgIpc) is 2.44. The first kappa shape index (κ1) is 17.1. The molecule has 1 aliphatic carbocycles. The van der Waals surface area contributed by atoms with Crippen molar-refractivity contribution in [2.24, 2.45) is 5.92 Å². The standard InChI is InChI=1S/C17H22F4O/c1-3-22-14-9-8-13(15(18)16(14)19)12-6-4-11(5-7-12)10-17(2,20)21/h8-9,11-12H,3-7,10H2,1-2H3. The predicted octanol–water partition coefficient (Wildman–Crippen LogP) is 5.68. The molecule has 0 saturated heterocycles. The molecular formula is C17H22F4O. The first-order valence-corrected chi connectivity index (χ1v) is 7.80. The summed E-state index contributed by atoms with van der Waals surface area (Å²) in [6.07, 6.45) is 2.36. The van der Waals surface area contributed by atoms with Crippen LogP contribution in [0.4, 0.5) is 17.6 Å². The van der Waals surface area contributed by atoms with Crippen LogP contribution >= 0.6 is 0 Å². The van der Waals surface area contributed by atoms with Crippen molar-refractivity contribution >= 4 is 0 Å². The Hall–Kier alpha value is -1.26. The van der Waals surface area contributed by atoms with Crippen LogP contribution in [0.15, 0.2) is 12.1 Å². The number of ether oxygens (including phenoxy) is 1. The fourth-order valence-corrected chi connectivity index (χ4v) is 3.31. The lowest BCUT2D eigenvalue weighted by Gasteiger charge is -2.30. The number of alkyl halides is 2. The Bertz CT molecular complexity index is 502. The molecule has 0 aromatic heterocycles. The third-order valence-corrected chi connectivity index (χ3v) is 4.31. The van der Waals surface area contributed by atoms with Gasteiger partial charge in [-0.3, -0.25) is 0 Å². The first-order chi connectivity index (χ1) is 10.3. The summed E-state index contributed by atoms with van der Waals surface area (Å²) < 4.78 is 59.2. The molecule has 1 aromatic carbocycles. The highest BCUT2D eigenvalue weighted by Crippen LogP contribution is 2.41. The molecule has 0 amide bonds. The molecule has 0 aliphatic heterocycles. The topological polar surface area (TPSA) is 9.23 Å². The third-order valence-electron chi connectivity index (χ3n) is 4.31. The highest BCUT2D eigenvalue weighted by atomic mass is 19.3. The minimum absolute atomic E-state index is 0.0353. The molecule has 0 heterocycles. The molecule has 1 nitrogen and oxygen atoms in total. The number of rotatable bonds is 5. The summed E-state index contributed by atoms with van der Waals surface area (Å²) in [5.41, 5.74) is 0.336. The van der Waals surface area contributed by atoms with Gasteiger partial charge in [0.05, 0.1) is 6.61 Å². The smallest absolute Gasteiger partial charge is 0.245 e. The number of hydrogen-bond donors (Lipinski definition) is 0. The van der Waals surface area contributed by atoms with Crippen molar-refractivity contribution in [2.45, 2.75) is 57.8 Å². The van der Waals surface area contributed by atoms with Crippen LogP contribution in [0.2, 0.25) is 0 Å². The predicted molar refractivity (Wildman–Crippen MR) is 77.5 cm³/mol. The maximum atomic E-state index is 14.2. The van der Waals surface area contributed by atoms with Gasteiger partial charge in [0.1, 0.15) is 0 Å². The van der Waals surface area contributed by atoms with E-state index >= 15 is 0 Å². The van der Waals surface area contributed by atoms with Gasteiger partial charge in [-0.2, -0.15) is 4.39 Å². The molecule has 1 aromatic rings. The maximum Gasteiger partial charge on any atom is 0.245 e. The number of halogens is 4. The van der Waals surface area contributed by atoms with Crippen LogP contribution < -0.4 is 4.74 Å². The lowest BCUT2D eigenvalue weighted by Crippen LogP contribution is -2.21. The minimum Gasteiger partial charge on any atom is -0.491 e. The summed E-state index contributed by atoms with van der Waals surface area (Å²) in [5.74, 6) is -4.70. The van der Waals surface area contributed by atoms with Gasteiger partial charge < -0.3 is 4.74 Å². The van der Waals surface area contributed by atoms with Gasteiger partial charge in [-0.25, -0.2) is 13.2 Å². The Balaban J connectivity index is 2.04. The lowest BCUT2D eigenvalue weighted by atomic mass is 9.76. The van der Waals surface area contributed by atoms with Crippen LogP contribution in [0.25, 0.3) is 0 Å². The zero-order valence-electron chi connectivity index (χ0n) is 13.0. The Morgan fingerprint density at radius 3 is 2.27 bits per heavy atom. The van der Waals surface area contributed by atoms with E-state index in [0.717, 1.165) is 6.92 Å². The molecule has 1 saturated carbocycles. The molecule has 0 N–H and O–H groups in total. The van der Waals surface area contributed by atoms with E-state index in [4.69, 9.17) is 4.74 Å². The van der Waals surface area contributed by atoms with Gasteiger partial charge in [0.2, 0.25) is 11.7 Å². The van der Waals surface area contributed by atoms with Crippen LogP contribution in [-0.2, 0) is 0 Å². The normalized spacial score (nSPS) is 22.6. The van der Waals surface area contributed by atoms with Crippen LogP contribution in [-0.4, -0.2) is 12.5 Å². The van der Waals surface area contributed by atoms with E-state index in [0.29, 0.717) is 31.2 Å². The highest BCUT2D eigenvalue weighted by Gasteiger charge is 2.31. The van der Waals surface area contributed by atoms with Crippen molar-refractivity contribution in [1.82, 2.24) is 0 Å². The van der Waals surface area contributed by atoms with Crippen molar-refractivity contribution < 1.29 is 22.3 Å². The lowest BCUT2D eigenvalue weighted by molar-refractivity contribution is -0.00937. The molecule has 1 aliphatic rings. The summed E-state index contributed by atoms with van der Waals surface area (Å²) in [6, 6.07) is 3.01. The van der Waals surface area contributed by atoms with Crippen LogP contribution in [0.1, 0.15) is 57.4 Å². The molecule has 124 valence electrons. The van der Waals surface area contributed by atoms with E-state index in [9.17, 15) is 17.6 Å². The molecule has 2 rings (SSSR count). The van der Waals surface area contributed by atoms with Gasteiger partial charge in [-0.05, 0) is 63.0 Å². The summed E-state index contributed by atoms with van der Waals surface area (Å²) >= 11 is 0. The average molecular weight is 318 g/mol. The number of hydrogen-bond acceptors (Lipinski definition) is 1. The Labute approximate surface area is 128 Å². The second kappa shape index (κ2) is 6.88. The fourth-order valence-electron chi connectivity index (χ4n) is 3.31. The van der Waals surface area contributed by atoms with Crippen molar-refractivity contribution in [3.05, 3.63) is 29.3 Å². The van der Waals surface area contributed by atoms with E-state index in [1.165, 1.54) is 6.07 Å². The molecular weight excluding hydrogens is 296 g/mol. The Morgan fingerprint density at radius 2 is 1.73 bits per heavy atom. The van der Waals surface area contributed by atoms with E-state index in [1.807, 2.05) is 0 Å². The van der Waals surface area contributed by atoms with Crippen molar-refractivity contribution in [1.29, 1.82) is 0 Å². The van der Waals surface area contributed by atoms with Crippen molar-refractivity contribution in [3.8, 4) is 5.75 Å². The van der Waals surface area contributed by atoms with Crippen molar-refractivity contribution in [2.75, 3.05) is 6.61 Å². The van der Waals surface area contributed by atoms with E-state index in [2.05, 4.69) is 0 Å². The zero-order chi connectivity index (χ0) is 16.3. The summed E-state index contributed by atoms with van der Waals surface area (Å²) in [4.78, 5) is 0. The molecule has 22 heavy (non-hydrogen) atoms. The van der Waals surface area contributed by atoms with Crippen LogP contribution in [0.3, 0.4) is 0 Å². The first-order valence-electron chi connectivity index (χ1n) is 7.80. The fraction of sp³-hybridized carbons (Fsp3) is 0.647. The van der Waals surface area contributed by atoms with Gasteiger partial charge in [-0.15, -0.1) is 0 Å². The molecule has 0 bridgehead atoms. The summed E-state index contributed by atoms with van der Waals surface area (Å²) in [7, 11) is 0. The van der Waals surface area contributed by atoms with Crippen molar-refractivity contribution in [3.63, 3.8) is 0 Å². The SMILES string of the molecule is CCOc1ccc(C2CCC(CC(C)(F)F)CC2)c(F)c1F. The van der Waals surface area contributed by atoms with Crippen LogP contribution in [0, 0.1) is 17.6 Å². The summed E-state index contributed by atoms with van der Waals surface area (Å²) in [5, 5.41) is 0. The maximum absolute atomic E-state index is 14.2. The third kappa shape index (κ3) is 4.14. The molecule has 5 heteroatoms. The van der Waals surface area contributed by atoms with Crippen LogP contribution in [0.5, 0.6) is 5.75 Å². The minimum atomic E-state index is -2.66. The van der Waals surface area contributed by atoms with E-state index < -0.39 is 17.6 Å². The molecule has 0 atom stereocenters. The van der Waals surface area contributed by atoms with Gasteiger partial charge in [-0.1, -0.05) is 6.07 Å². The molecule has 0 spiro atoms. The van der Waals surface area contributed by atoms with Gasteiger partial charge in [0, 0.05) is 6.42 Å².